The average molecular weight is 389 g/mol. The molecular weight excluding hydrogens is 370 g/mol. The van der Waals surface area contributed by atoms with Crippen molar-refractivity contribution in [3.8, 4) is 0 Å². The Kier molecular flexibility index (Phi) is 6.79. The number of hydrogen-bond donors (Lipinski definition) is 0. The van der Waals surface area contributed by atoms with Crippen molar-refractivity contribution >= 4 is 48.9 Å². The maximum absolute atomic E-state index is 12.6. The Morgan fingerprint density at radius 1 is 1.42 bits per heavy atom. The van der Waals surface area contributed by atoms with Gasteiger partial charge in [-0.2, -0.15) is 4.31 Å². The molecule has 0 aliphatic rings. The SMILES string of the molecule is CCCCCN(C(C)C)S(=O)(=O)c1cc(Cl)c(Br)s1. The number of halogens is 2. The Hall–Kier alpha value is 0.380. The van der Waals surface area contributed by atoms with Crippen molar-refractivity contribution < 1.29 is 8.42 Å². The Morgan fingerprint density at radius 3 is 2.47 bits per heavy atom. The Labute approximate surface area is 133 Å². The third kappa shape index (κ3) is 4.43. The first-order chi connectivity index (χ1) is 8.80. The molecule has 0 atom stereocenters. The van der Waals surface area contributed by atoms with E-state index >= 15 is 0 Å². The zero-order chi connectivity index (χ0) is 14.6. The first kappa shape index (κ1) is 17.4. The zero-order valence-corrected chi connectivity index (χ0v) is 15.3. The number of sulfonamides is 1. The summed E-state index contributed by atoms with van der Waals surface area (Å²) in [6.45, 7) is 6.45. The van der Waals surface area contributed by atoms with E-state index in [0.717, 1.165) is 30.6 Å². The first-order valence-corrected chi connectivity index (χ1v) is 9.70. The minimum Gasteiger partial charge on any atom is -0.206 e. The van der Waals surface area contributed by atoms with E-state index in [-0.39, 0.29) is 6.04 Å². The van der Waals surface area contributed by atoms with Crippen molar-refractivity contribution in [2.75, 3.05) is 6.54 Å². The van der Waals surface area contributed by atoms with Gasteiger partial charge in [0.05, 0.1) is 8.81 Å². The van der Waals surface area contributed by atoms with Gasteiger partial charge in [0.2, 0.25) is 0 Å². The maximum Gasteiger partial charge on any atom is 0.252 e. The molecule has 19 heavy (non-hydrogen) atoms. The minimum absolute atomic E-state index is 0.0542. The molecule has 1 aromatic rings. The number of hydrogen-bond acceptors (Lipinski definition) is 3. The molecule has 0 aliphatic heterocycles. The summed E-state index contributed by atoms with van der Waals surface area (Å²) < 4.78 is 27.7. The van der Waals surface area contributed by atoms with Gasteiger partial charge in [0.1, 0.15) is 4.21 Å². The molecular formula is C12H19BrClNO2S2. The minimum atomic E-state index is -3.45. The summed E-state index contributed by atoms with van der Waals surface area (Å²) in [6, 6.07) is 1.46. The van der Waals surface area contributed by atoms with Gasteiger partial charge in [-0.25, -0.2) is 8.42 Å². The van der Waals surface area contributed by atoms with Crippen LogP contribution in [0.25, 0.3) is 0 Å². The van der Waals surface area contributed by atoms with Gasteiger partial charge in [0.25, 0.3) is 10.0 Å². The lowest BCUT2D eigenvalue weighted by atomic mass is 10.2. The van der Waals surface area contributed by atoms with E-state index < -0.39 is 10.0 Å². The number of rotatable bonds is 7. The van der Waals surface area contributed by atoms with Crippen LogP contribution in [-0.2, 0) is 10.0 Å². The molecule has 0 saturated heterocycles. The van der Waals surface area contributed by atoms with Crippen LogP contribution in [0.4, 0.5) is 0 Å². The van der Waals surface area contributed by atoms with Crippen molar-refractivity contribution in [3.63, 3.8) is 0 Å². The van der Waals surface area contributed by atoms with Gasteiger partial charge in [0, 0.05) is 12.6 Å². The number of thiophene rings is 1. The number of nitrogens with zero attached hydrogens (tertiary/aromatic N) is 1. The summed E-state index contributed by atoms with van der Waals surface area (Å²) in [5.41, 5.74) is 0. The molecule has 0 N–H and O–H groups in total. The van der Waals surface area contributed by atoms with E-state index in [2.05, 4.69) is 22.9 Å². The van der Waals surface area contributed by atoms with Crippen LogP contribution in [0.5, 0.6) is 0 Å². The monoisotopic (exact) mass is 387 g/mol. The Bertz CT molecular complexity index is 494. The first-order valence-electron chi connectivity index (χ1n) is 6.27. The van der Waals surface area contributed by atoms with E-state index in [1.165, 1.54) is 6.07 Å². The summed E-state index contributed by atoms with van der Waals surface area (Å²) in [4.78, 5) is 0. The van der Waals surface area contributed by atoms with E-state index in [4.69, 9.17) is 11.6 Å². The second kappa shape index (κ2) is 7.41. The molecule has 1 aromatic heterocycles. The molecule has 1 heterocycles. The fourth-order valence-electron chi connectivity index (χ4n) is 1.74. The Morgan fingerprint density at radius 2 is 2.05 bits per heavy atom. The predicted octanol–water partition coefficient (Wildman–Crippen LogP) is 4.75. The average Bonchev–Trinajstić information content (AvgIpc) is 2.65. The van der Waals surface area contributed by atoms with Crippen LogP contribution in [0.15, 0.2) is 14.1 Å². The molecule has 110 valence electrons. The van der Waals surface area contributed by atoms with Crippen molar-refractivity contribution in [1.82, 2.24) is 4.31 Å². The van der Waals surface area contributed by atoms with E-state index in [1.54, 1.807) is 4.31 Å². The lowest BCUT2D eigenvalue weighted by Gasteiger charge is -2.25. The molecule has 0 amide bonds. The molecule has 0 spiro atoms. The van der Waals surface area contributed by atoms with Crippen LogP contribution >= 0.6 is 38.9 Å². The highest BCUT2D eigenvalue weighted by molar-refractivity contribution is 9.11. The molecule has 7 heteroatoms. The lowest BCUT2D eigenvalue weighted by molar-refractivity contribution is 0.346. The molecule has 0 radical (unpaired) electrons. The normalized spacial score (nSPS) is 12.6. The van der Waals surface area contributed by atoms with E-state index in [9.17, 15) is 8.42 Å². The smallest absolute Gasteiger partial charge is 0.206 e. The fraction of sp³-hybridized carbons (Fsp3) is 0.667. The zero-order valence-electron chi connectivity index (χ0n) is 11.3. The van der Waals surface area contributed by atoms with Gasteiger partial charge in [-0.15, -0.1) is 11.3 Å². The van der Waals surface area contributed by atoms with Crippen molar-refractivity contribution in [1.29, 1.82) is 0 Å². The third-order valence-corrected chi connectivity index (χ3v) is 7.74. The summed E-state index contributed by atoms with van der Waals surface area (Å²) in [7, 11) is -3.45. The maximum atomic E-state index is 12.6. The van der Waals surface area contributed by atoms with Crippen LogP contribution < -0.4 is 0 Å². The molecule has 0 fully saturated rings. The summed E-state index contributed by atoms with van der Waals surface area (Å²) in [5.74, 6) is 0. The molecule has 0 aliphatic carbocycles. The van der Waals surface area contributed by atoms with Crippen molar-refractivity contribution in [3.05, 3.63) is 14.9 Å². The quantitative estimate of drug-likeness (QED) is 0.632. The molecule has 1 rings (SSSR count). The molecule has 3 nitrogen and oxygen atoms in total. The summed E-state index contributed by atoms with van der Waals surface area (Å²) in [6.07, 6.45) is 2.99. The van der Waals surface area contributed by atoms with Gasteiger partial charge >= 0.3 is 0 Å². The van der Waals surface area contributed by atoms with Gasteiger partial charge in [0.15, 0.2) is 0 Å². The van der Waals surface area contributed by atoms with Crippen LogP contribution in [-0.4, -0.2) is 25.3 Å². The summed E-state index contributed by atoms with van der Waals surface area (Å²) in [5, 5.41) is 0.445. The highest BCUT2D eigenvalue weighted by Crippen LogP contribution is 2.36. The van der Waals surface area contributed by atoms with Gasteiger partial charge < -0.3 is 0 Å². The van der Waals surface area contributed by atoms with Crippen LogP contribution in [0, 0.1) is 0 Å². The van der Waals surface area contributed by atoms with Gasteiger partial charge in [-0.05, 0) is 42.3 Å². The highest BCUT2D eigenvalue weighted by Gasteiger charge is 2.28. The Balaban J connectivity index is 2.99. The van der Waals surface area contributed by atoms with Crippen LogP contribution in [0.1, 0.15) is 40.0 Å². The van der Waals surface area contributed by atoms with E-state index in [0.29, 0.717) is 19.6 Å². The predicted molar refractivity (Wildman–Crippen MR) is 85.6 cm³/mol. The third-order valence-electron chi connectivity index (χ3n) is 2.74. The van der Waals surface area contributed by atoms with Crippen molar-refractivity contribution in [2.45, 2.75) is 50.3 Å². The molecule has 0 bridgehead atoms. The van der Waals surface area contributed by atoms with Crippen molar-refractivity contribution in [2.24, 2.45) is 0 Å². The molecule has 0 saturated carbocycles. The van der Waals surface area contributed by atoms with Crippen LogP contribution in [0.2, 0.25) is 5.02 Å². The topological polar surface area (TPSA) is 37.4 Å². The molecule has 0 aromatic carbocycles. The van der Waals surface area contributed by atoms with E-state index in [1.807, 2.05) is 13.8 Å². The highest BCUT2D eigenvalue weighted by atomic mass is 79.9. The lowest BCUT2D eigenvalue weighted by Crippen LogP contribution is -2.37. The number of unbranched alkanes of at least 4 members (excludes halogenated alkanes) is 2. The summed E-state index contributed by atoms with van der Waals surface area (Å²) >= 11 is 10.4. The van der Waals surface area contributed by atoms with Crippen LogP contribution in [0.3, 0.4) is 0 Å². The standard InChI is InChI=1S/C12H19BrClNO2S2/c1-4-5-6-7-15(9(2)3)19(16,17)11-8-10(14)12(13)18-11/h8-9H,4-7H2,1-3H3. The second-order valence-electron chi connectivity index (χ2n) is 4.60. The van der Waals surface area contributed by atoms with Gasteiger partial charge in [-0.1, -0.05) is 31.4 Å². The fourth-order valence-corrected chi connectivity index (χ4v) is 5.95. The molecule has 0 unspecified atom stereocenters. The largest absolute Gasteiger partial charge is 0.252 e. The van der Waals surface area contributed by atoms with Gasteiger partial charge in [-0.3, -0.25) is 0 Å². The second-order valence-corrected chi connectivity index (χ2v) is 9.50.